The van der Waals surface area contributed by atoms with Gasteiger partial charge in [0.15, 0.2) is 6.54 Å². The second-order valence-corrected chi connectivity index (χ2v) is 9.14. The van der Waals surface area contributed by atoms with Gasteiger partial charge in [0.2, 0.25) is 0 Å². The minimum Gasteiger partial charge on any atom is -0.493 e. The lowest BCUT2D eigenvalue weighted by Gasteiger charge is -2.31. The van der Waals surface area contributed by atoms with Gasteiger partial charge in [-0.3, -0.25) is 4.79 Å². The van der Waals surface area contributed by atoms with Gasteiger partial charge in [-0.15, -0.1) is 0 Å². The van der Waals surface area contributed by atoms with Crippen LogP contribution in [-0.2, 0) is 11.2 Å². The van der Waals surface area contributed by atoms with Crippen LogP contribution in [-0.4, -0.2) is 62.2 Å². The number of allylic oxidation sites excluding steroid dienone is 2. The van der Waals surface area contributed by atoms with Crippen molar-refractivity contribution in [1.29, 1.82) is 0 Å². The van der Waals surface area contributed by atoms with Crippen molar-refractivity contribution in [3.63, 3.8) is 0 Å². The van der Waals surface area contributed by atoms with Crippen molar-refractivity contribution in [2.45, 2.75) is 47.0 Å². The zero-order chi connectivity index (χ0) is 23.7. The number of quaternary nitrogens is 1. The Kier molecular flexibility index (Phi) is 9.51. The van der Waals surface area contributed by atoms with Gasteiger partial charge >= 0.3 is 5.63 Å². The quantitative estimate of drug-likeness (QED) is 0.211. The largest absolute Gasteiger partial charge is 0.493 e. The number of hydrogen-bond donors (Lipinski definition) is 0. The lowest BCUT2D eigenvalue weighted by atomic mass is 10.1. The van der Waals surface area contributed by atoms with Crippen LogP contribution in [0.2, 0.25) is 0 Å². The van der Waals surface area contributed by atoms with Crippen molar-refractivity contribution in [2.75, 3.05) is 46.9 Å². The van der Waals surface area contributed by atoms with E-state index in [1.54, 1.807) is 6.07 Å². The molecule has 0 saturated heterocycles. The second kappa shape index (κ2) is 11.9. The summed E-state index contributed by atoms with van der Waals surface area (Å²) in [5.74, 6) is 0.965. The predicted molar refractivity (Wildman–Crippen MR) is 130 cm³/mol. The molecular formula is C26H39N2O4+. The lowest BCUT2D eigenvalue weighted by Crippen LogP contribution is -2.49. The van der Waals surface area contributed by atoms with Crippen LogP contribution in [0.15, 0.2) is 45.1 Å². The second-order valence-electron chi connectivity index (χ2n) is 9.14. The van der Waals surface area contributed by atoms with E-state index in [1.807, 2.05) is 44.7 Å². The number of carbonyl (C=O) groups is 1. The van der Waals surface area contributed by atoms with Crippen molar-refractivity contribution < 1.29 is 18.4 Å². The summed E-state index contributed by atoms with van der Waals surface area (Å²) in [6.07, 6.45) is 4.62. The zero-order valence-corrected chi connectivity index (χ0v) is 20.6. The summed E-state index contributed by atoms with van der Waals surface area (Å²) in [5.41, 5.74) is 2.35. The highest BCUT2D eigenvalue weighted by atomic mass is 16.5. The number of ether oxygens (including phenoxy) is 1. The summed E-state index contributed by atoms with van der Waals surface area (Å²) < 4.78 is 12.3. The fraction of sp³-hybridized carbons (Fsp3) is 0.538. The van der Waals surface area contributed by atoms with Crippen LogP contribution in [0, 0.1) is 0 Å². The number of likely N-dealkylation sites (N-methyl/N-ethyl adjacent to an activating group) is 2. The predicted octanol–water partition coefficient (Wildman–Crippen LogP) is 4.41. The fourth-order valence-electron chi connectivity index (χ4n) is 3.75. The van der Waals surface area contributed by atoms with Crippen molar-refractivity contribution >= 4 is 16.9 Å². The summed E-state index contributed by atoms with van der Waals surface area (Å²) >= 11 is 0. The van der Waals surface area contributed by atoms with E-state index in [-0.39, 0.29) is 11.5 Å². The first-order valence-electron chi connectivity index (χ1n) is 11.6. The molecule has 0 radical (unpaired) electrons. The highest BCUT2D eigenvalue weighted by molar-refractivity contribution is 5.82. The van der Waals surface area contributed by atoms with Crippen LogP contribution >= 0.6 is 0 Å². The Morgan fingerprint density at radius 2 is 1.78 bits per heavy atom. The molecule has 0 fully saturated rings. The van der Waals surface area contributed by atoms with Gasteiger partial charge < -0.3 is 18.5 Å². The first-order chi connectivity index (χ1) is 15.2. The Labute approximate surface area is 192 Å². The summed E-state index contributed by atoms with van der Waals surface area (Å²) in [7, 11) is 4.20. The van der Waals surface area contributed by atoms with Crippen LogP contribution in [0.4, 0.5) is 0 Å². The molecule has 1 amide bonds. The highest BCUT2D eigenvalue weighted by Gasteiger charge is 2.22. The maximum absolute atomic E-state index is 12.4. The summed E-state index contributed by atoms with van der Waals surface area (Å²) in [6.45, 7) is 11.6. The molecule has 32 heavy (non-hydrogen) atoms. The van der Waals surface area contributed by atoms with Crippen molar-refractivity contribution in [1.82, 2.24) is 4.90 Å². The number of amides is 1. The van der Waals surface area contributed by atoms with E-state index in [0.717, 1.165) is 49.2 Å². The van der Waals surface area contributed by atoms with Gasteiger partial charge in [0, 0.05) is 30.1 Å². The molecule has 1 aromatic carbocycles. The van der Waals surface area contributed by atoms with E-state index in [4.69, 9.17) is 9.15 Å². The number of fused-ring (bicyclic) bond motifs is 1. The maximum atomic E-state index is 12.4. The van der Waals surface area contributed by atoms with Crippen LogP contribution in [0.3, 0.4) is 0 Å². The molecular weight excluding hydrogens is 404 g/mol. The molecule has 0 unspecified atom stereocenters. The van der Waals surface area contributed by atoms with Crippen molar-refractivity contribution in [3.8, 4) is 5.75 Å². The Hall–Kier alpha value is -2.60. The van der Waals surface area contributed by atoms with Gasteiger partial charge in [0.25, 0.3) is 5.91 Å². The van der Waals surface area contributed by atoms with Gasteiger partial charge in [0.1, 0.15) is 11.3 Å². The Morgan fingerprint density at radius 3 is 2.44 bits per heavy atom. The standard InChI is InChI=1S/C26H39N2O4/c1-7-27(8-2)24(29)19-28(5,6)17-9-10-18-31-23-15-12-21-13-16-25(30)32-26(21)22(23)14-11-20(3)4/h11-13,15-16H,7-10,14,17-19H2,1-6H3/q+1. The number of hydrogen-bond acceptors (Lipinski definition) is 4. The number of nitrogens with zero attached hydrogens (tertiary/aromatic N) is 2. The highest BCUT2D eigenvalue weighted by Crippen LogP contribution is 2.28. The van der Waals surface area contributed by atoms with Crippen molar-refractivity contribution in [3.05, 3.63) is 51.9 Å². The van der Waals surface area contributed by atoms with E-state index in [9.17, 15) is 9.59 Å². The molecule has 0 bridgehead atoms. The van der Waals surface area contributed by atoms with Gasteiger partial charge in [0.05, 0.1) is 27.2 Å². The maximum Gasteiger partial charge on any atom is 0.336 e. The molecule has 176 valence electrons. The van der Waals surface area contributed by atoms with Gasteiger partial charge in [-0.25, -0.2) is 4.79 Å². The minimum absolute atomic E-state index is 0.206. The average Bonchev–Trinajstić information content (AvgIpc) is 2.72. The van der Waals surface area contributed by atoms with E-state index in [2.05, 4.69) is 20.2 Å². The Bertz CT molecular complexity index is 983. The number of benzene rings is 1. The first-order valence-corrected chi connectivity index (χ1v) is 11.6. The Balaban J connectivity index is 1.98. The van der Waals surface area contributed by atoms with Crippen LogP contribution in [0.5, 0.6) is 5.75 Å². The summed E-state index contributed by atoms with van der Waals surface area (Å²) in [6, 6.07) is 7.12. The molecule has 1 heterocycles. The number of rotatable bonds is 12. The smallest absolute Gasteiger partial charge is 0.336 e. The summed E-state index contributed by atoms with van der Waals surface area (Å²) in [5, 5.41) is 0.894. The van der Waals surface area contributed by atoms with Gasteiger partial charge in [-0.2, -0.15) is 0 Å². The molecule has 0 spiro atoms. The van der Waals surface area contributed by atoms with Gasteiger partial charge in [-0.05, 0) is 65.2 Å². The summed E-state index contributed by atoms with van der Waals surface area (Å²) in [4.78, 5) is 26.1. The normalized spacial score (nSPS) is 11.4. The molecule has 0 saturated carbocycles. The molecule has 0 aliphatic rings. The van der Waals surface area contributed by atoms with Gasteiger partial charge in [-0.1, -0.05) is 11.6 Å². The van der Waals surface area contributed by atoms with Crippen molar-refractivity contribution in [2.24, 2.45) is 0 Å². The van der Waals surface area contributed by atoms with E-state index < -0.39 is 0 Å². The fourth-order valence-corrected chi connectivity index (χ4v) is 3.75. The molecule has 0 N–H and O–H groups in total. The molecule has 6 nitrogen and oxygen atoms in total. The van der Waals surface area contributed by atoms with E-state index in [0.29, 0.717) is 29.6 Å². The topological polar surface area (TPSA) is 59.8 Å². The zero-order valence-electron chi connectivity index (χ0n) is 20.6. The molecule has 0 atom stereocenters. The molecule has 2 rings (SSSR count). The molecule has 1 aromatic heterocycles. The van der Waals surface area contributed by atoms with Crippen LogP contribution in [0.1, 0.15) is 46.1 Å². The third-order valence-electron chi connectivity index (χ3n) is 5.66. The Morgan fingerprint density at radius 1 is 1.09 bits per heavy atom. The first kappa shape index (κ1) is 25.7. The monoisotopic (exact) mass is 443 g/mol. The molecule has 0 aliphatic carbocycles. The number of carbonyl (C=O) groups excluding carboxylic acids is 1. The number of unbranched alkanes of at least 4 members (excludes halogenated alkanes) is 1. The SMILES string of the molecule is CCN(CC)C(=O)C[N+](C)(C)CCCCOc1ccc2ccc(=O)oc2c1CC=C(C)C. The van der Waals surface area contributed by atoms with E-state index >= 15 is 0 Å². The third kappa shape index (κ3) is 7.52. The molecule has 6 heteroatoms. The minimum atomic E-state index is -0.354. The average molecular weight is 444 g/mol. The van der Waals surface area contributed by atoms with Crippen LogP contribution in [0.25, 0.3) is 11.0 Å². The van der Waals surface area contributed by atoms with E-state index in [1.165, 1.54) is 11.6 Å². The molecule has 2 aromatic rings. The third-order valence-corrected chi connectivity index (χ3v) is 5.66. The van der Waals surface area contributed by atoms with Crippen LogP contribution < -0.4 is 10.4 Å². The molecule has 0 aliphatic heterocycles. The lowest BCUT2D eigenvalue weighted by molar-refractivity contribution is -0.883.